The summed E-state index contributed by atoms with van der Waals surface area (Å²) in [6.45, 7) is 0. The van der Waals surface area contributed by atoms with Gasteiger partial charge in [0.1, 0.15) is 5.78 Å². The molecule has 4 nitrogen and oxygen atoms in total. The Hall–Kier alpha value is -1.20. The van der Waals surface area contributed by atoms with Crippen LogP contribution in [0.4, 0.5) is 5.69 Å². The standard InChI is InChI=1S/C14H14BrNO3/c15-8-5-6-9-11(7-8)16-13(18)14(9,19)10-3-1-2-4-12(10)17/h5-7,10,19H,1-4H2,(H,16,18)/t10-,14+/m0/s1. The van der Waals surface area contributed by atoms with Gasteiger partial charge < -0.3 is 10.4 Å². The van der Waals surface area contributed by atoms with Crippen LogP contribution in [0.5, 0.6) is 0 Å². The van der Waals surface area contributed by atoms with E-state index in [0.29, 0.717) is 24.1 Å². The van der Waals surface area contributed by atoms with Crippen LogP contribution in [0.15, 0.2) is 22.7 Å². The molecular formula is C14H14BrNO3. The van der Waals surface area contributed by atoms with Gasteiger partial charge in [-0.2, -0.15) is 0 Å². The number of halogens is 1. The van der Waals surface area contributed by atoms with Crippen molar-refractivity contribution in [2.45, 2.75) is 31.3 Å². The van der Waals surface area contributed by atoms with E-state index in [1.165, 1.54) is 0 Å². The van der Waals surface area contributed by atoms with Crippen molar-refractivity contribution in [1.82, 2.24) is 0 Å². The Morgan fingerprint density at radius 2 is 2.11 bits per heavy atom. The lowest BCUT2D eigenvalue weighted by molar-refractivity contribution is -0.150. The largest absolute Gasteiger partial charge is 0.375 e. The molecule has 0 aromatic heterocycles. The van der Waals surface area contributed by atoms with E-state index in [1.807, 2.05) is 0 Å². The van der Waals surface area contributed by atoms with Crippen LogP contribution in [0.1, 0.15) is 31.2 Å². The third-order valence-electron chi connectivity index (χ3n) is 4.05. The molecule has 5 heteroatoms. The van der Waals surface area contributed by atoms with Gasteiger partial charge >= 0.3 is 0 Å². The second-order valence-corrected chi connectivity index (χ2v) is 6.09. The lowest BCUT2D eigenvalue weighted by Crippen LogP contribution is -2.46. The quantitative estimate of drug-likeness (QED) is 0.833. The van der Waals surface area contributed by atoms with E-state index in [-0.39, 0.29) is 5.78 Å². The second-order valence-electron chi connectivity index (χ2n) is 5.18. The summed E-state index contributed by atoms with van der Waals surface area (Å²) in [5.41, 5.74) is -0.603. The predicted octanol–water partition coefficient (Wildman–Crippen LogP) is 2.35. The second kappa shape index (κ2) is 4.42. The van der Waals surface area contributed by atoms with Crippen molar-refractivity contribution in [2.75, 3.05) is 5.32 Å². The summed E-state index contributed by atoms with van der Waals surface area (Å²) in [7, 11) is 0. The number of benzene rings is 1. The molecule has 0 saturated heterocycles. The fourth-order valence-corrected chi connectivity index (χ4v) is 3.42. The first kappa shape index (κ1) is 12.8. The third-order valence-corrected chi connectivity index (χ3v) is 4.54. The number of hydrogen-bond donors (Lipinski definition) is 2. The van der Waals surface area contributed by atoms with Gasteiger partial charge in [-0.25, -0.2) is 0 Å². The molecule has 1 aromatic carbocycles. The maximum atomic E-state index is 12.2. The van der Waals surface area contributed by atoms with Crippen molar-refractivity contribution >= 4 is 33.3 Å². The van der Waals surface area contributed by atoms with Crippen LogP contribution in [0.25, 0.3) is 0 Å². The highest BCUT2D eigenvalue weighted by Gasteiger charge is 2.53. The smallest absolute Gasteiger partial charge is 0.261 e. The molecule has 0 unspecified atom stereocenters. The fourth-order valence-electron chi connectivity index (χ4n) is 3.06. The molecule has 0 spiro atoms. The Bertz CT molecular complexity index is 572. The van der Waals surface area contributed by atoms with Crippen molar-refractivity contribution in [2.24, 2.45) is 5.92 Å². The number of Topliss-reactive ketones (excluding diaryl/α,β-unsaturated/α-hetero) is 1. The topological polar surface area (TPSA) is 66.4 Å². The monoisotopic (exact) mass is 323 g/mol. The van der Waals surface area contributed by atoms with E-state index in [9.17, 15) is 14.7 Å². The predicted molar refractivity (Wildman–Crippen MR) is 73.6 cm³/mol. The molecule has 2 atom stereocenters. The summed E-state index contributed by atoms with van der Waals surface area (Å²) in [4.78, 5) is 24.2. The lowest BCUT2D eigenvalue weighted by atomic mass is 9.73. The third kappa shape index (κ3) is 1.83. The van der Waals surface area contributed by atoms with Crippen LogP contribution >= 0.6 is 15.9 Å². The summed E-state index contributed by atoms with van der Waals surface area (Å²) in [5.74, 6) is -1.12. The van der Waals surface area contributed by atoms with Crippen LogP contribution in [-0.4, -0.2) is 16.8 Å². The molecular weight excluding hydrogens is 310 g/mol. The molecule has 3 rings (SSSR count). The van der Waals surface area contributed by atoms with Crippen LogP contribution in [0, 0.1) is 5.92 Å². The Balaban J connectivity index is 2.09. The number of rotatable bonds is 1. The maximum absolute atomic E-state index is 12.2. The Morgan fingerprint density at radius 3 is 2.84 bits per heavy atom. The average molecular weight is 324 g/mol. The summed E-state index contributed by atoms with van der Waals surface area (Å²) in [6, 6.07) is 5.23. The highest BCUT2D eigenvalue weighted by atomic mass is 79.9. The van der Waals surface area contributed by atoms with Crippen LogP contribution in [0.2, 0.25) is 0 Å². The summed E-state index contributed by atoms with van der Waals surface area (Å²) < 4.78 is 0.825. The Kier molecular flexibility index (Phi) is 2.98. The highest BCUT2D eigenvalue weighted by molar-refractivity contribution is 9.10. The molecule has 0 radical (unpaired) electrons. The number of nitrogens with one attached hydrogen (secondary N) is 1. The van der Waals surface area contributed by atoms with Crippen molar-refractivity contribution in [1.29, 1.82) is 0 Å². The molecule has 1 amide bonds. The number of fused-ring (bicyclic) bond motifs is 1. The number of carbonyl (C=O) groups is 2. The normalized spacial score (nSPS) is 30.1. The lowest BCUT2D eigenvalue weighted by Gasteiger charge is -2.32. The van der Waals surface area contributed by atoms with Gasteiger partial charge in [0, 0.05) is 22.1 Å². The van der Waals surface area contributed by atoms with Gasteiger partial charge in [0.2, 0.25) is 0 Å². The van der Waals surface area contributed by atoms with Crippen molar-refractivity contribution in [3.05, 3.63) is 28.2 Å². The molecule has 2 aliphatic rings. The van der Waals surface area contributed by atoms with Crippen molar-refractivity contribution < 1.29 is 14.7 Å². The Labute approximate surface area is 119 Å². The number of amides is 1. The minimum Gasteiger partial charge on any atom is -0.375 e. The van der Waals surface area contributed by atoms with Crippen LogP contribution < -0.4 is 5.32 Å². The van der Waals surface area contributed by atoms with Gasteiger partial charge in [-0.3, -0.25) is 9.59 Å². The van der Waals surface area contributed by atoms with Gasteiger partial charge in [-0.15, -0.1) is 0 Å². The average Bonchev–Trinajstić information content (AvgIpc) is 2.62. The molecule has 1 heterocycles. The fraction of sp³-hybridized carbons (Fsp3) is 0.429. The number of hydrogen-bond acceptors (Lipinski definition) is 3. The molecule has 1 aromatic rings. The molecule has 100 valence electrons. The Morgan fingerprint density at radius 1 is 1.32 bits per heavy atom. The van der Waals surface area contributed by atoms with Crippen LogP contribution in [0.3, 0.4) is 0 Å². The van der Waals surface area contributed by atoms with Gasteiger partial charge in [0.15, 0.2) is 5.60 Å². The molecule has 0 bridgehead atoms. The van der Waals surface area contributed by atoms with E-state index < -0.39 is 17.4 Å². The zero-order valence-electron chi connectivity index (χ0n) is 10.3. The minimum absolute atomic E-state index is 0.0142. The summed E-state index contributed by atoms with van der Waals surface area (Å²) >= 11 is 3.33. The van der Waals surface area contributed by atoms with E-state index in [4.69, 9.17) is 0 Å². The number of aliphatic hydroxyl groups is 1. The van der Waals surface area contributed by atoms with Crippen LogP contribution in [-0.2, 0) is 15.2 Å². The first-order valence-electron chi connectivity index (χ1n) is 6.40. The van der Waals surface area contributed by atoms with Gasteiger partial charge in [0.05, 0.1) is 5.92 Å². The molecule has 2 N–H and O–H groups in total. The van der Waals surface area contributed by atoms with Crippen molar-refractivity contribution in [3.63, 3.8) is 0 Å². The molecule has 1 aliphatic heterocycles. The molecule has 19 heavy (non-hydrogen) atoms. The number of ketones is 1. The first-order valence-corrected chi connectivity index (χ1v) is 7.19. The van der Waals surface area contributed by atoms with E-state index in [1.54, 1.807) is 18.2 Å². The zero-order chi connectivity index (χ0) is 13.6. The van der Waals surface area contributed by atoms with Gasteiger partial charge in [0.25, 0.3) is 5.91 Å². The van der Waals surface area contributed by atoms with E-state index in [2.05, 4.69) is 21.2 Å². The molecule has 1 fully saturated rings. The van der Waals surface area contributed by atoms with Gasteiger partial charge in [-0.05, 0) is 25.0 Å². The van der Waals surface area contributed by atoms with Gasteiger partial charge in [-0.1, -0.05) is 28.4 Å². The summed E-state index contributed by atoms with van der Waals surface area (Å²) in [5, 5.41) is 13.5. The van der Waals surface area contributed by atoms with Crippen molar-refractivity contribution in [3.8, 4) is 0 Å². The molecule has 1 aliphatic carbocycles. The SMILES string of the molecule is O=C1CCCC[C@@H]1[C@@]1(O)C(=O)Nc2cc(Br)ccc21. The highest BCUT2D eigenvalue weighted by Crippen LogP contribution is 2.45. The summed E-state index contributed by atoms with van der Waals surface area (Å²) in [6.07, 6.45) is 2.74. The van der Waals surface area contributed by atoms with E-state index >= 15 is 0 Å². The molecule has 1 saturated carbocycles. The first-order chi connectivity index (χ1) is 9.03. The zero-order valence-corrected chi connectivity index (χ0v) is 11.9. The van der Waals surface area contributed by atoms with E-state index in [0.717, 1.165) is 17.3 Å². The number of carbonyl (C=O) groups excluding carboxylic acids is 2. The number of anilines is 1. The minimum atomic E-state index is -1.70. The maximum Gasteiger partial charge on any atom is 0.261 e.